The van der Waals surface area contributed by atoms with Crippen LogP contribution in [0.15, 0.2) is 66.9 Å². The predicted molar refractivity (Wildman–Crippen MR) is 108 cm³/mol. The molecule has 0 spiro atoms. The summed E-state index contributed by atoms with van der Waals surface area (Å²) in [6.45, 7) is 3.04. The van der Waals surface area contributed by atoms with Crippen LogP contribution in [0.3, 0.4) is 0 Å². The molecule has 2 aliphatic heterocycles. The molecular formula is C23H21N3O. The van der Waals surface area contributed by atoms with Gasteiger partial charge in [-0.1, -0.05) is 36.4 Å². The normalized spacial score (nSPS) is 17.7. The molecule has 1 unspecified atom stereocenters. The summed E-state index contributed by atoms with van der Waals surface area (Å²) >= 11 is 0. The van der Waals surface area contributed by atoms with Gasteiger partial charge >= 0.3 is 0 Å². The number of amides is 1. The van der Waals surface area contributed by atoms with Crippen molar-refractivity contribution in [2.45, 2.75) is 25.8 Å². The van der Waals surface area contributed by atoms with Gasteiger partial charge in [0.25, 0.3) is 5.91 Å². The van der Waals surface area contributed by atoms with Crippen molar-refractivity contribution in [1.82, 2.24) is 4.98 Å². The number of para-hydroxylation sites is 2. The summed E-state index contributed by atoms with van der Waals surface area (Å²) < 4.78 is 0. The lowest BCUT2D eigenvalue weighted by molar-refractivity contribution is 0.0976. The van der Waals surface area contributed by atoms with E-state index in [0.717, 1.165) is 30.8 Å². The van der Waals surface area contributed by atoms with E-state index in [0.29, 0.717) is 5.69 Å². The molecule has 0 aliphatic carbocycles. The van der Waals surface area contributed by atoms with Crippen molar-refractivity contribution < 1.29 is 4.79 Å². The summed E-state index contributed by atoms with van der Waals surface area (Å²) in [5, 5.41) is 0. The van der Waals surface area contributed by atoms with Crippen LogP contribution in [0.1, 0.15) is 28.5 Å². The molecule has 4 nitrogen and oxygen atoms in total. The number of pyridine rings is 1. The van der Waals surface area contributed by atoms with E-state index in [1.807, 2.05) is 41.4 Å². The highest BCUT2D eigenvalue weighted by Gasteiger charge is 2.32. The van der Waals surface area contributed by atoms with Gasteiger partial charge in [-0.3, -0.25) is 4.79 Å². The highest BCUT2D eigenvalue weighted by atomic mass is 16.2. The second kappa shape index (κ2) is 6.23. The molecule has 1 aromatic heterocycles. The zero-order chi connectivity index (χ0) is 18.4. The minimum absolute atomic E-state index is 0.0270. The van der Waals surface area contributed by atoms with Crippen molar-refractivity contribution in [3.63, 3.8) is 0 Å². The van der Waals surface area contributed by atoms with Crippen molar-refractivity contribution in [3.05, 3.63) is 83.7 Å². The average molecular weight is 355 g/mol. The van der Waals surface area contributed by atoms with Gasteiger partial charge in [0.1, 0.15) is 5.69 Å². The minimum atomic E-state index is -0.0270. The summed E-state index contributed by atoms with van der Waals surface area (Å²) in [7, 11) is 0. The van der Waals surface area contributed by atoms with Crippen molar-refractivity contribution >= 4 is 23.0 Å². The van der Waals surface area contributed by atoms with Gasteiger partial charge < -0.3 is 9.80 Å². The highest BCUT2D eigenvalue weighted by Crippen LogP contribution is 2.35. The summed E-state index contributed by atoms with van der Waals surface area (Å²) in [4.78, 5) is 21.8. The molecule has 0 bridgehead atoms. The van der Waals surface area contributed by atoms with Gasteiger partial charge in [0.15, 0.2) is 0 Å². The van der Waals surface area contributed by atoms with E-state index in [1.165, 1.54) is 16.8 Å². The maximum absolute atomic E-state index is 13.1. The lowest BCUT2D eigenvalue weighted by atomic mass is 10.1. The number of aromatic nitrogens is 1. The monoisotopic (exact) mass is 355 g/mol. The number of nitrogens with zero attached hydrogens (tertiary/aromatic N) is 3. The summed E-state index contributed by atoms with van der Waals surface area (Å²) in [6, 6.07) is 20.6. The molecule has 134 valence electrons. The van der Waals surface area contributed by atoms with E-state index in [2.05, 4.69) is 47.1 Å². The largest absolute Gasteiger partial charge is 0.340 e. The number of benzene rings is 2. The molecular weight excluding hydrogens is 334 g/mol. The zero-order valence-electron chi connectivity index (χ0n) is 15.3. The molecule has 3 heterocycles. The first-order chi connectivity index (χ1) is 13.2. The standard InChI is InChI=1S/C23H21N3O/c1-16-14-18-7-3-5-9-22(18)26(16)23(27)20-11-10-19(15-24-20)25-13-12-17-6-2-4-8-21(17)25/h2-11,15-16H,12-14H2,1H3. The lowest BCUT2D eigenvalue weighted by Gasteiger charge is -2.23. The number of rotatable bonds is 2. The van der Waals surface area contributed by atoms with E-state index >= 15 is 0 Å². The van der Waals surface area contributed by atoms with E-state index in [1.54, 1.807) is 0 Å². The molecule has 1 amide bonds. The van der Waals surface area contributed by atoms with Crippen LogP contribution in [-0.2, 0) is 12.8 Å². The molecule has 0 fully saturated rings. The van der Waals surface area contributed by atoms with E-state index in [9.17, 15) is 4.79 Å². The van der Waals surface area contributed by atoms with Crippen molar-refractivity contribution in [2.24, 2.45) is 0 Å². The van der Waals surface area contributed by atoms with Gasteiger partial charge in [0.05, 0.1) is 11.9 Å². The molecule has 0 radical (unpaired) electrons. The molecule has 1 atom stereocenters. The number of hydrogen-bond donors (Lipinski definition) is 0. The lowest BCUT2D eigenvalue weighted by Crippen LogP contribution is -2.36. The van der Waals surface area contributed by atoms with Crippen molar-refractivity contribution in [1.29, 1.82) is 0 Å². The first kappa shape index (κ1) is 16.1. The number of carbonyl (C=O) groups is 1. The molecule has 5 rings (SSSR count). The van der Waals surface area contributed by atoms with Crippen molar-refractivity contribution in [3.8, 4) is 0 Å². The SMILES string of the molecule is CC1Cc2ccccc2N1C(=O)c1ccc(N2CCc3ccccc32)cn1. The second-order valence-electron chi connectivity index (χ2n) is 7.29. The fourth-order valence-corrected chi connectivity index (χ4v) is 4.28. The molecule has 3 aromatic rings. The maximum atomic E-state index is 13.1. The molecule has 2 aromatic carbocycles. The fraction of sp³-hybridized carbons (Fsp3) is 0.217. The Bertz CT molecular complexity index is 1010. The van der Waals surface area contributed by atoms with Crippen LogP contribution >= 0.6 is 0 Å². The van der Waals surface area contributed by atoms with Crippen LogP contribution in [-0.4, -0.2) is 23.5 Å². The molecule has 0 saturated carbocycles. The number of carbonyl (C=O) groups excluding carboxylic acids is 1. The van der Waals surface area contributed by atoms with E-state index < -0.39 is 0 Å². The zero-order valence-corrected chi connectivity index (χ0v) is 15.3. The van der Waals surface area contributed by atoms with Gasteiger partial charge in [-0.2, -0.15) is 0 Å². The molecule has 0 saturated heterocycles. The number of anilines is 3. The Balaban J connectivity index is 1.42. The fourth-order valence-electron chi connectivity index (χ4n) is 4.28. The third kappa shape index (κ3) is 2.60. The Hall–Kier alpha value is -3.14. The summed E-state index contributed by atoms with van der Waals surface area (Å²) in [6.07, 6.45) is 3.76. The molecule has 4 heteroatoms. The van der Waals surface area contributed by atoms with Gasteiger partial charge in [-0.25, -0.2) is 4.98 Å². The van der Waals surface area contributed by atoms with Crippen molar-refractivity contribution in [2.75, 3.05) is 16.3 Å². The average Bonchev–Trinajstić information content (AvgIpc) is 3.28. The van der Waals surface area contributed by atoms with Crippen LogP contribution < -0.4 is 9.80 Å². The van der Waals surface area contributed by atoms with E-state index in [4.69, 9.17) is 0 Å². The van der Waals surface area contributed by atoms with Gasteiger partial charge in [0, 0.05) is 24.0 Å². The first-order valence-corrected chi connectivity index (χ1v) is 9.45. The first-order valence-electron chi connectivity index (χ1n) is 9.45. The molecule has 27 heavy (non-hydrogen) atoms. The van der Waals surface area contributed by atoms with Crippen LogP contribution in [0.5, 0.6) is 0 Å². The quantitative estimate of drug-likeness (QED) is 0.685. The van der Waals surface area contributed by atoms with Crippen LogP contribution in [0.2, 0.25) is 0 Å². The van der Waals surface area contributed by atoms with Gasteiger partial charge in [-0.15, -0.1) is 0 Å². The Kier molecular flexibility index (Phi) is 3.71. The topological polar surface area (TPSA) is 36.4 Å². The summed E-state index contributed by atoms with van der Waals surface area (Å²) in [5.41, 5.74) is 6.36. The Morgan fingerprint density at radius 1 is 0.963 bits per heavy atom. The smallest absolute Gasteiger partial charge is 0.277 e. The Labute approximate surface area is 159 Å². The molecule has 0 N–H and O–H groups in total. The predicted octanol–water partition coefficient (Wildman–Crippen LogP) is 4.37. The Morgan fingerprint density at radius 3 is 2.48 bits per heavy atom. The van der Waals surface area contributed by atoms with Gasteiger partial charge in [-0.05, 0) is 55.2 Å². The maximum Gasteiger partial charge on any atom is 0.277 e. The third-order valence-electron chi connectivity index (χ3n) is 5.59. The molecule has 2 aliphatic rings. The van der Waals surface area contributed by atoms with Crippen LogP contribution in [0.25, 0.3) is 0 Å². The minimum Gasteiger partial charge on any atom is -0.340 e. The third-order valence-corrected chi connectivity index (χ3v) is 5.59. The number of hydrogen-bond acceptors (Lipinski definition) is 3. The van der Waals surface area contributed by atoms with E-state index in [-0.39, 0.29) is 11.9 Å². The summed E-state index contributed by atoms with van der Waals surface area (Å²) in [5.74, 6) is -0.0270. The Morgan fingerprint density at radius 2 is 1.70 bits per heavy atom. The van der Waals surface area contributed by atoms with Gasteiger partial charge in [0.2, 0.25) is 0 Å². The van der Waals surface area contributed by atoms with Crippen LogP contribution in [0.4, 0.5) is 17.1 Å². The second-order valence-corrected chi connectivity index (χ2v) is 7.29. The highest BCUT2D eigenvalue weighted by molar-refractivity contribution is 6.06. The number of fused-ring (bicyclic) bond motifs is 2. The van der Waals surface area contributed by atoms with Crippen LogP contribution in [0, 0.1) is 0 Å².